The molecule has 2 aromatic heterocycles. The van der Waals surface area contributed by atoms with Gasteiger partial charge in [0.05, 0.1) is 16.2 Å². The number of rotatable bonds is 5. The summed E-state index contributed by atoms with van der Waals surface area (Å²) in [6.07, 6.45) is 1.43. The first-order chi connectivity index (χ1) is 14.3. The maximum absolute atomic E-state index is 15.1. The minimum Gasteiger partial charge on any atom is -0.345 e. The number of aromatic nitrogens is 2. The molecule has 6 nitrogen and oxygen atoms in total. The largest absolute Gasteiger partial charge is 0.345 e. The van der Waals surface area contributed by atoms with Crippen molar-refractivity contribution in [2.45, 2.75) is 17.5 Å². The van der Waals surface area contributed by atoms with Crippen molar-refractivity contribution in [2.24, 2.45) is 0 Å². The number of fused-ring (bicyclic) bond motifs is 1. The molecule has 0 amide bonds. The van der Waals surface area contributed by atoms with Gasteiger partial charge in [-0.25, -0.2) is 26.6 Å². The van der Waals surface area contributed by atoms with Gasteiger partial charge < -0.3 is 4.98 Å². The number of ketones is 1. The number of nitrogens with one attached hydrogen (secondary N) is 2. The van der Waals surface area contributed by atoms with Crippen LogP contribution in [0.4, 0.5) is 13.2 Å². The number of carbonyl (C=O) groups excluding carboxylic acids is 1. The number of halogens is 3. The van der Waals surface area contributed by atoms with E-state index in [1.165, 1.54) is 18.5 Å². The summed E-state index contributed by atoms with van der Waals surface area (Å²) in [5.41, 5.74) is -0.982. The van der Waals surface area contributed by atoms with Gasteiger partial charge in [0.25, 0.3) is 10.0 Å². The van der Waals surface area contributed by atoms with Gasteiger partial charge in [-0.1, -0.05) is 12.1 Å². The summed E-state index contributed by atoms with van der Waals surface area (Å²) in [6.45, 7) is 0. The number of Topliss-reactive ketones (excluding diaryl/α,β-unsaturated/α-hetero) is 1. The van der Waals surface area contributed by atoms with Crippen LogP contribution in [0.2, 0.25) is 0 Å². The van der Waals surface area contributed by atoms with E-state index in [2.05, 4.69) is 9.97 Å². The van der Waals surface area contributed by atoms with Crippen LogP contribution in [-0.2, 0) is 10.0 Å². The molecular weight excluding hydrogens is 419 g/mol. The summed E-state index contributed by atoms with van der Waals surface area (Å²) in [6, 6.07) is 7.27. The molecular formula is C20H14F3N3O3S. The monoisotopic (exact) mass is 433 g/mol. The number of allylic oxidation sites excluding steroid dienone is 3. The van der Waals surface area contributed by atoms with Crippen LogP contribution in [0, 0.1) is 5.82 Å². The average Bonchev–Trinajstić information content (AvgIpc) is 3.14. The molecule has 30 heavy (non-hydrogen) atoms. The highest BCUT2D eigenvalue weighted by Gasteiger charge is 2.33. The number of H-pyrrole nitrogens is 1. The lowest BCUT2D eigenvalue weighted by atomic mass is 9.93. The molecule has 2 heterocycles. The standard InChI is InChI=1S/C20H14F3N3O3S/c21-11-3-1-4-12(9-11)30(28,29)26-16-7-6-15(22)17(18(16)23)19(27)14-10-25-20-13(14)5-2-8-24-20/h1-5,7-10,15,26H,6H2,(H,24,25). The zero-order valence-corrected chi connectivity index (χ0v) is 16.0. The van der Waals surface area contributed by atoms with E-state index in [4.69, 9.17) is 0 Å². The molecule has 1 aliphatic carbocycles. The molecule has 0 spiro atoms. The number of aromatic amines is 1. The normalized spacial score (nSPS) is 17.2. The molecule has 1 aromatic carbocycles. The Kier molecular flexibility index (Phi) is 4.94. The molecule has 10 heteroatoms. The highest BCUT2D eigenvalue weighted by molar-refractivity contribution is 7.89. The summed E-state index contributed by atoms with van der Waals surface area (Å²) < 4.78 is 69.8. The van der Waals surface area contributed by atoms with Gasteiger partial charge in [0.2, 0.25) is 0 Å². The van der Waals surface area contributed by atoms with E-state index in [1.54, 1.807) is 12.1 Å². The minimum atomic E-state index is -4.35. The van der Waals surface area contributed by atoms with Crippen molar-refractivity contribution < 1.29 is 26.4 Å². The first-order valence-corrected chi connectivity index (χ1v) is 10.3. The van der Waals surface area contributed by atoms with Crippen molar-refractivity contribution in [1.29, 1.82) is 0 Å². The number of hydrogen-bond acceptors (Lipinski definition) is 4. The zero-order valence-electron chi connectivity index (χ0n) is 15.2. The maximum Gasteiger partial charge on any atom is 0.262 e. The van der Waals surface area contributed by atoms with E-state index in [0.717, 1.165) is 24.3 Å². The fourth-order valence-electron chi connectivity index (χ4n) is 3.17. The van der Waals surface area contributed by atoms with Crippen molar-refractivity contribution >= 4 is 26.8 Å². The van der Waals surface area contributed by atoms with Crippen molar-refractivity contribution in [2.75, 3.05) is 0 Å². The molecule has 0 fully saturated rings. The summed E-state index contributed by atoms with van der Waals surface area (Å²) in [5, 5.41) is 0.381. The Morgan fingerprint density at radius 2 is 2.00 bits per heavy atom. The molecule has 0 aliphatic heterocycles. The molecule has 3 aromatic rings. The molecule has 1 atom stereocenters. The fourth-order valence-corrected chi connectivity index (χ4v) is 4.27. The Labute approximate surface area is 169 Å². The molecule has 0 saturated carbocycles. The first-order valence-electron chi connectivity index (χ1n) is 8.77. The van der Waals surface area contributed by atoms with Crippen molar-refractivity contribution in [3.05, 3.63) is 83.3 Å². The van der Waals surface area contributed by atoms with Crippen LogP contribution in [0.5, 0.6) is 0 Å². The van der Waals surface area contributed by atoms with E-state index in [9.17, 15) is 22.0 Å². The molecule has 4 rings (SSSR count). The molecule has 1 aliphatic rings. The van der Waals surface area contributed by atoms with Gasteiger partial charge in [-0.15, -0.1) is 0 Å². The van der Waals surface area contributed by atoms with Gasteiger partial charge in [-0.2, -0.15) is 0 Å². The van der Waals surface area contributed by atoms with E-state index >= 15 is 4.39 Å². The van der Waals surface area contributed by atoms with Crippen molar-refractivity contribution in [3.8, 4) is 0 Å². The van der Waals surface area contributed by atoms with Crippen LogP contribution in [0.25, 0.3) is 11.0 Å². The maximum atomic E-state index is 15.1. The summed E-state index contributed by atoms with van der Waals surface area (Å²) in [4.78, 5) is 19.2. The van der Waals surface area contributed by atoms with E-state index < -0.39 is 56.2 Å². The smallest absolute Gasteiger partial charge is 0.262 e. The topological polar surface area (TPSA) is 91.9 Å². The number of sulfonamides is 1. The highest BCUT2D eigenvalue weighted by Crippen LogP contribution is 2.32. The molecule has 0 radical (unpaired) electrons. The van der Waals surface area contributed by atoms with Gasteiger partial charge in [-0.3, -0.25) is 9.52 Å². The number of alkyl halides is 1. The predicted octanol–water partition coefficient (Wildman–Crippen LogP) is 3.71. The Bertz CT molecular complexity index is 1330. The van der Waals surface area contributed by atoms with Crippen molar-refractivity contribution in [3.63, 3.8) is 0 Å². The van der Waals surface area contributed by atoms with Gasteiger partial charge >= 0.3 is 0 Å². The highest BCUT2D eigenvalue weighted by atomic mass is 32.2. The summed E-state index contributed by atoms with van der Waals surface area (Å²) in [5.74, 6) is -3.04. The number of pyridine rings is 1. The molecule has 2 N–H and O–H groups in total. The zero-order chi connectivity index (χ0) is 21.5. The Morgan fingerprint density at radius 3 is 2.77 bits per heavy atom. The lowest BCUT2D eigenvalue weighted by Crippen LogP contribution is -2.28. The van der Waals surface area contributed by atoms with E-state index in [-0.39, 0.29) is 5.56 Å². The van der Waals surface area contributed by atoms with Crippen LogP contribution >= 0.6 is 0 Å². The van der Waals surface area contributed by atoms with Crippen molar-refractivity contribution in [1.82, 2.24) is 14.7 Å². The summed E-state index contributed by atoms with van der Waals surface area (Å²) in [7, 11) is -4.35. The fraction of sp³-hybridized carbons (Fsp3) is 0.100. The second-order valence-corrected chi connectivity index (χ2v) is 8.23. The number of hydrogen-bond donors (Lipinski definition) is 2. The third-order valence-electron chi connectivity index (χ3n) is 4.61. The first kappa shape index (κ1) is 19.9. The van der Waals surface area contributed by atoms with E-state index in [1.807, 2.05) is 4.72 Å². The number of benzene rings is 1. The lowest BCUT2D eigenvalue weighted by Gasteiger charge is -2.20. The SMILES string of the molecule is O=C(C1=C(F)C(NS(=O)(=O)c2cccc(F)c2)=CCC1F)c1c[nH]c2ncccc12. The lowest BCUT2D eigenvalue weighted by molar-refractivity contribution is 0.101. The van der Waals surface area contributed by atoms with Gasteiger partial charge in [0.1, 0.15) is 17.6 Å². The van der Waals surface area contributed by atoms with E-state index in [0.29, 0.717) is 11.0 Å². The molecule has 0 saturated heterocycles. The van der Waals surface area contributed by atoms with Crippen LogP contribution < -0.4 is 4.72 Å². The number of carbonyl (C=O) groups is 1. The van der Waals surface area contributed by atoms with Crippen LogP contribution in [0.1, 0.15) is 16.8 Å². The van der Waals surface area contributed by atoms with Crippen LogP contribution in [-0.4, -0.2) is 30.3 Å². The third-order valence-corrected chi connectivity index (χ3v) is 5.97. The number of nitrogens with zero attached hydrogens (tertiary/aromatic N) is 1. The quantitative estimate of drug-likeness (QED) is 0.600. The average molecular weight is 433 g/mol. The van der Waals surface area contributed by atoms with Gasteiger partial charge in [0.15, 0.2) is 11.6 Å². The van der Waals surface area contributed by atoms with Crippen LogP contribution in [0.3, 0.4) is 0 Å². The molecule has 154 valence electrons. The Hall–Kier alpha value is -3.40. The second-order valence-electron chi connectivity index (χ2n) is 6.54. The summed E-state index contributed by atoms with van der Waals surface area (Å²) >= 11 is 0. The van der Waals surface area contributed by atoms with Gasteiger partial charge in [0, 0.05) is 29.8 Å². The second kappa shape index (κ2) is 7.45. The Balaban J connectivity index is 1.71. The minimum absolute atomic E-state index is 0.0140. The van der Waals surface area contributed by atoms with Crippen LogP contribution in [0.15, 0.2) is 76.9 Å². The third kappa shape index (κ3) is 3.50. The Morgan fingerprint density at radius 1 is 1.20 bits per heavy atom. The van der Waals surface area contributed by atoms with Gasteiger partial charge in [-0.05, 0) is 30.3 Å². The predicted molar refractivity (Wildman–Crippen MR) is 103 cm³/mol. The molecule has 1 unspecified atom stereocenters. The molecule has 0 bridgehead atoms.